The molecule has 0 bridgehead atoms. The first kappa shape index (κ1) is 15.0. The molecule has 1 fully saturated rings. The van der Waals surface area contributed by atoms with E-state index in [2.05, 4.69) is 30.3 Å². The van der Waals surface area contributed by atoms with Gasteiger partial charge in [-0.25, -0.2) is 4.79 Å². The summed E-state index contributed by atoms with van der Waals surface area (Å²) in [5.74, 6) is 0.994. The van der Waals surface area contributed by atoms with E-state index < -0.39 is 0 Å². The Morgan fingerprint density at radius 2 is 1.71 bits per heavy atom. The van der Waals surface area contributed by atoms with Crippen molar-refractivity contribution in [2.75, 3.05) is 13.1 Å². The number of carbonyl (C=O) groups excluding carboxylic acids is 1. The van der Waals surface area contributed by atoms with Crippen LogP contribution in [-0.4, -0.2) is 24.1 Å². The van der Waals surface area contributed by atoms with Gasteiger partial charge in [-0.3, -0.25) is 0 Å². The number of benzene rings is 2. The number of carbonyl (C=O) groups is 1. The number of likely N-dealkylation sites (tertiary alicyclic amines) is 1. The van der Waals surface area contributed by atoms with Crippen molar-refractivity contribution in [3.63, 3.8) is 0 Å². The van der Waals surface area contributed by atoms with Crippen molar-refractivity contribution in [3.8, 4) is 0 Å². The molecule has 2 aromatic carbocycles. The second-order valence-corrected chi connectivity index (χ2v) is 6.63. The van der Waals surface area contributed by atoms with Crippen molar-refractivity contribution in [1.82, 2.24) is 4.90 Å². The van der Waals surface area contributed by atoms with Crippen LogP contribution in [-0.2, 0) is 11.3 Å². The Balaban J connectivity index is 1.34. The lowest BCUT2D eigenvalue weighted by molar-refractivity contribution is 0.102. The maximum absolute atomic E-state index is 12.3. The van der Waals surface area contributed by atoms with E-state index in [0.717, 1.165) is 25.1 Å². The van der Waals surface area contributed by atoms with Gasteiger partial charge in [0.25, 0.3) is 0 Å². The maximum Gasteiger partial charge on any atom is 0.410 e. The Morgan fingerprint density at radius 3 is 2.42 bits per heavy atom. The molecular formula is C21H21NO2. The molecule has 1 aliphatic carbocycles. The quantitative estimate of drug-likeness (QED) is 0.841. The molecule has 2 aliphatic rings. The molecule has 1 aliphatic heterocycles. The van der Waals surface area contributed by atoms with Gasteiger partial charge in [-0.15, -0.1) is 0 Å². The first-order chi connectivity index (χ1) is 11.8. The number of hydrogen-bond donors (Lipinski definition) is 0. The topological polar surface area (TPSA) is 29.5 Å². The van der Waals surface area contributed by atoms with Crippen LogP contribution in [0.1, 0.15) is 17.5 Å². The van der Waals surface area contributed by atoms with Crippen LogP contribution in [0.3, 0.4) is 0 Å². The highest BCUT2D eigenvalue weighted by molar-refractivity contribution is 5.71. The van der Waals surface area contributed by atoms with Gasteiger partial charge in [0.2, 0.25) is 0 Å². The molecule has 0 spiro atoms. The highest BCUT2D eigenvalue weighted by atomic mass is 16.6. The van der Waals surface area contributed by atoms with Crippen molar-refractivity contribution in [1.29, 1.82) is 0 Å². The Labute approximate surface area is 142 Å². The van der Waals surface area contributed by atoms with Crippen LogP contribution in [0, 0.1) is 11.8 Å². The zero-order valence-electron chi connectivity index (χ0n) is 13.6. The van der Waals surface area contributed by atoms with Crippen LogP contribution >= 0.6 is 0 Å². The fraction of sp³-hybridized carbons (Fsp3) is 0.286. The van der Waals surface area contributed by atoms with Gasteiger partial charge in [0.15, 0.2) is 0 Å². The Hall–Kier alpha value is -2.55. The Kier molecular flexibility index (Phi) is 4.08. The second-order valence-electron chi connectivity index (χ2n) is 6.63. The predicted molar refractivity (Wildman–Crippen MR) is 94.2 cm³/mol. The first-order valence-electron chi connectivity index (χ1n) is 8.51. The molecule has 1 saturated heterocycles. The summed E-state index contributed by atoms with van der Waals surface area (Å²) in [7, 11) is 0. The zero-order valence-corrected chi connectivity index (χ0v) is 13.6. The summed E-state index contributed by atoms with van der Waals surface area (Å²) in [6, 6.07) is 20.4. The molecule has 0 radical (unpaired) electrons. The van der Waals surface area contributed by atoms with Crippen LogP contribution in [0.4, 0.5) is 4.79 Å². The molecule has 0 saturated carbocycles. The highest BCUT2D eigenvalue weighted by Gasteiger charge is 2.38. The summed E-state index contributed by atoms with van der Waals surface area (Å²) in [6.45, 7) is 1.91. The van der Waals surface area contributed by atoms with E-state index in [1.165, 1.54) is 11.1 Å². The summed E-state index contributed by atoms with van der Waals surface area (Å²) < 4.78 is 5.46. The molecule has 3 heteroatoms. The molecule has 1 amide bonds. The predicted octanol–water partition coefficient (Wildman–Crippen LogP) is 4.36. The standard InChI is InChI=1S/C21H21NO2/c23-21(24-15-16-7-3-1-4-8-16)22-13-19-11-18(12-20(19)14-22)17-9-5-2-6-10-17/h1-11,19-20H,12-15H2. The Morgan fingerprint density at radius 1 is 1.00 bits per heavy atom. The third-order valence-corrected chi connectivity index (χ3v) is 5.00. The van der Waals surface area contributed by atoms with Crippen LogP contribution in [0.5, 0.6) is 0 Å². The monoisotopic (exact) mass is 319 g/mol. The van der Waals surface area contributed by atoms with Gasteiger partial charge in [-0.1, -0.05) is 66.7 Å². The summed E-state index contributed by atoms with van der Waals surface area (Å²) in [6.07, 6.45) is 3.21. The lowest BCUT2D eigenvalue weighted by atomic mass is 9.98. The fourth-order valence-electron chi connectivity index (χ4n) is 3.74. The van der Waals surface area contributed by atoms with Gasteiger partial charge >= 0.3 is 6.09 Å². The minimum absolute atomic E-state index is 0.192. The lowest BCUT2D eigenvalue weighted by Gasteiger charge is -2.17. The van der Waals surface area contributed by atoms with Gasteiger partial charge in [0.1, 0.15) is 6.61 Å². The van der Waals surface area contributed by atoms with E-state index >= 15 is 0 Å². The normalized spacial score (nSPS) is 22.2. The summed E-state index contributed by atoms with van der Waals surface area (Å²) in [5, 5.41) is 0. The van der Waals surface area contributed by atoms with Gasteiger partial charge in [-0.05, 0) is 35.0 Å². The largest absolute Gasteiger partial charge is 0.445 e. The van der Waals surface area contributed by atoms with Crippen LogP contribution < -0.4 is 0 Å². The average Bonchev–Trinajstić information content (AvgIpc) is 3.20. The molecular weight excluding hydrogens is 298 g/mol. The molecule has 0 N–H and O–H groups in total. The average molecular weight is 319 g/mol. The number of ether oxygens (including phenoxy) is 1. The minimum atomic E-state index is -0.192. The van der Waals surface area contributed by atoms with E-state index in [1.807, 2.05) is 41.3 Å². The number of amides is 1. The molecule has 2 aromatic rings. The second kappa shape index (κ2) is 6.52. The zero-order chi connectivity index (χ0) is 16.4. The molecule has 122 valence electrons. The number of allylic oxidation sites excluding steroid dienone is 1. The van der Waals surface area contributed by atoms with Crippen LogP contribution in [0.25, 0.3) is 5.57 Å². The van der Waals surface area contributed by atoms with Crippen LogP contribution in [0.2, 0.25) is 0 Å². The molecule has 4 rings (SSSR count). The molecule has 2 unspecified atom stereocenters. The number of fused-ring (bicyclic) bond motifs is 1. The van der Waals surface area contributed by atoms with Crippen molar-refractivity contribution in [2.45, 2.75) is 13.0 Å². The van der Waals surface area contributed by atoms with E-state index in [-0.39, 0.29) is 6.09 Å². The summed E-state index contributed by atoms with van der Waals surface area (Å²) in [5.41, 5.74) is 3.75. The minimum Gasteiger partial charge on any atom is -0.445 e. The highest BCUT2D eigenvalue weighted by Crippen LogP contribution is 2.41. The smallest absolute Gasteiger partial charge is 0.410 e. The number of hydrogen-bond acceptors (Lipinski definition) is 2. The molecule has 1 heterocycles. The van der Waals surface area contributed by atoms with E-state index in [9.17, 15) is 4.79 Å². The first-order valence-corrected chi connectivity index (χ1v) is 8.51. The third kappa shape index (κ3) is 3.07. The number of rotatable bonds is 3. The molecule has 24 heavy (non-hydrogen) atoms. The van der Waals surface area contributed by atoms with Gasteiger partial charge < -0.3 is 9.64 Å². The lowest BCUT2D eigenvalue weighted by Crippen LogP contribution is -2.29. The molecule has 0 aromatic heterocycles. The third-order valence-electron chi connectivity index (χ3n) is 5.00. The summed E-state index contributed by atoms with van der Waals surface area (Å²) in [4.78, 5) is 14.1. The summed E-state index contributed by atoms with van der Waals surface area (Å²) >= 11 is 0. The number of nitrogens with zero attached hydrogens (tertiary/aromatic N) is 1. The molecule has 2 atom stereocenters. The van der Waals surface area contributed by atoms with Crippen molar-refractivity contribution >= 4 is 11.7 Å². The van der Waals surface area contributed by atoms with Crippen molar-refractivity contribution < 1.29 is 9.53 Å². The van der Waals surface area contributed by atoms with E-state index in [0.29, 0.717) is 18.4 Å². The molecule has 3 nitrogen and oxygen atoms in total. The van der Waals surface area contributed by atoms with E-state index in [1.54, 1.807) is 0 Å². The van der Waals surface area contributed by atoms with Gasteiger partial charge in [0.05, 0.1) is 0 Å². The van der Waals surface area contributed by atoms with Gasteiger partial charge in [0, 0.05) is 13.1 Å². The van der Waals surface area contributed by atoms with Crippen molar-refractivity contribution in [3.05, 3.63) is 77.9 Å². The maximum atomic E-state index is 12.3. The van der Waals surface area contributed by atoms with Gasteiger partial charge in [-0.2, -0.15) is 0 Å². The van der Waals surface area contributed by atoms with E-state index in [4.69, 9.17) is 4.74 Å². The van der Waals surface area contributed by atoms with Crippen LogP contribution in [0.15, 0.2) is 66.7 Å². The SMILES string of the molecule is O=C(OCc1ccccc1)N1CC2C=C(c3ccccc3)CC2C1. The Bertz CT molecular complexity index is 739. The van der Waals surface area contributed by atoms with Crippen molar-refractivity contribution in [2.24, 2.45) is 11.8 Å². The fourth-order valence-corrected chi connectivity index (χ4v) is 3.74.